The van der Waals surface area contributed by atoms with E-state index in [1.807, 2.05) is 20.8 Å². The molecule has 0 spiro atoms. The van der Waals surface area contributed by atoms with Gasteiger partial charge in [0, 0.05) is 25.0 Å². The monoisotopic (exact) mass is 240 g/mol. The van der Waals surface area contributed by atoms with Crippen LogP contribution in [0.1, 0.15) is 41.0 Å². The van der Waals surface area contributed by atoms with Crippen molar-refractivity contribution in [2.75, 3.05) is 13.1 Å². The highest BCUT2D eigenvalue weighted by atomic mass is 16.2. The van der Waals surface area contributed by atoms with Crippen LogP contribution in [0.2, 0.25) is 0 Å². The lowest BCUT2D eigenvalue weighted by Gasteiger charge is -2.31. The van der Waals surface area contributed by atoms with Crippen LogP contribution in [0.15, 0.2) is 0 Å². The van der Waals surface area contributed by atoms with Crippen molar-refractivity contribution in [1.82, 2.24) is 10.2 Å². The highest BCUT2D eigenvalue weighted by Gasteiger charge is 2.39. The Labute approximate surface area is 104 Å². The van der Waals surface area contributed by atoms with Crippen LogP contribution >= 0.6 is 0 Å². The average molecular weight is 240 g/mol. The van der Waals surface area contributed by atoms with Crippen LogP contribution in [-0.4, -0.2) is 35.3 Å². The fourth-order valence-electron chi connectivity index (χ4n) is 1.98. The molecular weight excluding hydrogens is 216 g/mol. The second kappa shape index (κ2) is 5.07. The summed E-state index contributed by atoms with van der Waals surface area (Å²) in [6.45, 7) is 11.3. The van der Waals surface area contributed by atoms with Crippen molar-refractivity contribution < 1.29 is 9.59 Å². The first-order valence-electron chi connectivity index (χ1n) is 6.30. The van der Waals surface area contributed by atoms with Crippen LogP contribution in [0, 0.1) is 11.8 Å². The van der Waals surface area contributed by atoms with Gasteiger partial charge in [0.2, 0.25) is 11.8 Å². The lowest BCUT2D eigenvalue weighted by atomic mass is 10.1. The molecule has 0 aliphatic carbocycles. The van der Waals surface area contributed by atoms with E-state index >= 15 is 0 Å². The maximum absolute atomic E-state index is 11.9. The molecule has 1 aliphatic rings. The van der Waals surface area contributed by atoms with Crippen molar-refractivity contribution in [3.63, 3.8) is 0 Å². The maximum Gasteiger partial charge on any atom is 0.225 e. The Morgan fingerprint density at radius 2 is 2.06 bits per heavy atom. The highest BCUT2D eigenvalue weighted by Crippen LogP contribution is 2.25. The predicted octanol–water partition coefficient (Wildman–Crippen LogP) is 1.41. The van der Waals surface area contributed by atoms with E-state index < -0.39 is 0 Å². The van der Waals surface area contributed by atoms with Crippen molar-refractivity contribution in [3.05, 3.63) is 0 Å². The lowest BCUT2D eigenvalue weighted by molar-refractivity contribution is -0.132. The molecule has 1 atom stereocenters. The van der Waals surface area contributed by atoms with Crippen LogP contribution in [0.25, 0.3) is 0 Å². The van der Waals surface area contributed by atoms with E-state index in [1.165, 1.54) is 0 Å². The molecule has 4 nitrogen and oxygen atoms in total. The Morgan fingerprint density at radius 3 is 2.47 bits per heavy atom. The van der Waals surface area contributed by atoms with Gasteiger partial charge in [-0.05, 0) is 26.7 Å². The zero-order valence-electron chi connectivity index (χ0n) is 11.5. The number of hydrogen-bond donors (Lipinski definition) is 1. The SMILES string of the molecule is CC(C)CNC(=O)C1CC(=O)N(C(C)(C)C)C1. The topological polar surface area (TPSA) is 49.4 Å². The van der Waals surface area contributed by atoms with Gasteiger partial charge in [-0.25, -0.2) is 0 Å². The molecule has 0 aromatic heterocycles. The third kappa shape index (κ3) is 3.72. The fourth-order valence-corrected chi connectivity index (χ4v) is 1.98. The largest absolute Gasteiger partial charge is 0.356 e. The molecule has 0 saturated carbocycles. The molecule has 0 aromatic rings. The van der Waals surface area contributed by atoms with Crippen molar-refractivity contribution in [3.8, 4) is 0 Å². The van der Waals surface area contributed by atoms with E-state index in [-0.39, 0.29) is 23.3 Å². The highest BCUT2D eigenvalue weighted by molar-refractivity contribution is 5.89. The molecule has 1 aliphatic heterocycles. The minimum Gasteiger partial charge on any atom is -0.356 e. The second-order valence-electron chi connectivity index (χ2n) is 6.22. The Kier molecular flexibility index (Phi) is 4.17. The van der Waals surface area contributed by atoms with Gasteiger partial charge >= 0.3 is 0 Å². The van der Waals surface area contributed by atoms with Crippen LogP contribution in [-0.2, 0) is 9.59 Å². The quantitative estimate of drug-likeness (QED) is 0.810. The molecule has 0 bridgehead atoms. The molecule has 0 radical (unpaired) electrons. The minimum atomic E-state index is -0.190. The Bertz CT molecular complexity index is 305. The normalized spacial score (nSPS) is 21.2. The number of likely N-dealkylation sites (tertiary alicyclic amines) is 1. The Hall–Kier alpha value is -1.06. The summed E-state index contributed by atoms with van der Waals surface area (Å²) in [6.07, 6.45) is 0.348. The minimum absolute atomic E-state index is 0.0128. The summed E-state index contributed by atoms with van der Waals surface area (Å²) in [5.74, 6) is 0.358. The number of amides is 2. The lowest BCUT2D eigenvalue weighted by Crippen LogP contribution is -2.43. The molecule has 1 saturated heterocycles. The van der Waals surface area contributed by atoms with Gasteiger partial charge in [0.05, 0.1) is 5.92 Å². The van der Waals surface area contributed by atoms with Gasteiger partial charge in [-0.3, -0.25) is 9.59 Å². The molecule has 98 valence electrons. The summed E-state index contributed by atoms with van der Waals surface area (Å²) < 4.78 is 0. The number of nitrogens with one attached hydrogen (secondary N) is 1. The third-order valence-electron chi connectivity index (χ3n) is 2.99. The standard InChI is InChI=1S/C13H24N2O2/c1-9(2)7-14-12(17)10-6-11(16)15(8-10)13(3,4)5/h9-10H,6-8H2,1-5H3,(H,14,17). The maximum atomic E-state index is 11.9. The zero-order chi connectivity index (χ0) is 13.2. The van der Waals surface area contributed by atoms with Crippen molar-refractivity contribution in [1.29, 1.82) is 0 Å². The van der Waals surface area contributed by atoms with E-state index in [9.17, 15) is 9.59 Å². The van der Waals surface area contributed by atoms with Gasteiger partial charge in [-0.1, -0.05) is 13.8 Å². The number of hydrogen-bond acceptors (Lipinski definition) is 2. The molecule has 17 heavy (non-hydrogen) atoms. The molecule has 1 unspecified atom stereocenters. The fraction of sp³-hybridized carbons (Fsp3) is 0.846. The van der Waals surface area contributed by atoms with Crippen LogP contribution < -0.4 is 5.32 Å². The zero-order valence-corrected chi connectivity index (χ0v) is 11.5. The number of carbonyl (C=O) groups excluding carboxylic acids is 2. The van der Waals surface area contributed by atoms with Gasteiger partial charge in [0.1, 0.15) is 0 Å². The van der Waals surface area contributed by atoms with Crippen molar-refractivity contribution in [2.24, 2.45) is 11.8 Å². The van der Waals surface area contributed by atoms with Crippen molar-refractivity contribution >= 4 is 11.8 Å². The van der Waals surface area contributed by atoms with E-state index in [4.69, 9.17) is 0 Å². The number of rotatable bonds is 3. The second-order valence-corrected chi connectivity index (χ2v) is 6.22. The van der Waals surface area contributed by atoms with E-state index in [0.29, 0.717) is 25.4 Å². The first-order valence-corrected chi connectivity index (χ1v) is 6.30. The van der Waals surface area contributed by atoms with Gasteiger partial charge in [-0.15, -0.1) is 0 Å². The summed E-state index contributed by atoms with van der Waals surface area (Å²) in [6, 6.07) is 0. The first-order chi connectivity index (χ1) is 7.71. The molecular formula is C13H24N2O2. The van der Waals surface area contributed by atoms with Crippen LogP contribution in [0.5, 0.6) is 0 Å². The molecule has 0 aromatic carbocycles. The summed E-state index contributed by atoms with van der Waals surface area (Å²) in [7, 11) is 0. The smallest absolute Gasteiger partial charge is 0.225 e. The molecule has 1 fully saturated rings. The van der Waals surface area contributed by atoms with Crippen LogP contribution in [0.4, 0.5) is 0 Å². The molecule has 1 rings (SSSR count). The Balaban J connectivity index is 2.54. The number of nitrogens with zero attached hydrogens (tertiary/aromatic N) is 1. The molecule has 4 heteroatoms. The summed E-state index contributed by atoms with van der Waals surface area (Å²) >= 11 is 0. The molecule has 2 amide bonds. The molecule has 1 N–H and O–H groups in total. The van der Waals surface area contributed by atoms with E-state index in [1.54, 1.807) is 4.90 Å². The molecule has 1 heterocycles. The predicted molar refractivity (Wildman–Crippen MR) is 67.4 cm³/mol. The number of carbonyl (C=O) groups is 2. The summed E-state index contributed by atoms with van der Waals surface area (Å²) in [5.41, 5.74) is -0.190. The summed E-state index contributed by atoms with van der Waals surface area (Å²) in [5, 5.41) is 2.90. The summed E-state index contributed by atoms with van der Waals surface area (Å²) in [4.78, 5) is 25.5. The third-order valence-corrected chi connectivity index (χ3v) is 2.99. The van der Waals surface area contributed by atoms with Gasteiger partial charge < -0.3 is 10.2 Å². The van der Waals surface area contributed by atoms with Crippen LogP contribution in [0.3, 0.4) is 0 Å². The van der Waals surface area contributed by atoms with Crippen molar-refractivity contribution in [2.45, 2.75) is 46.6 Å². The first kappa shape index (κ1) is 14.0. The van der Waals surface area contributed by atoms with Gasteiger partial charge in [0.15, 0.2) is 0 Å². The van der Waals surface area contributed by atoms with E-state index in [2.05, 4.69) is 19.2 Å². The Morgan fingerprint density at radius 1 is 1.47 bits per heavy atom. The van der Waals surface area contributed by atoms with E-state index in [0.717, 1.165) is 0 Å². The van der Waals surface area contributed by atoms with Gasteiger partial charge in [-0.2, -0.15) is 0 Å². The van der Waals surface area contributed by atoms with Gasteiger partial charge in [0.25, 0.3) is 0 Å². The average Bonchev–Trinajstić information content (AvgIpc) is 2.56.